The van der Waals surface area contributed by atoms with Crippen molar-refractivity contribution in [3.63, 3.8) is 0 Å². The third-order valence-corrected chi connectivity index (χ3v) is 20.1. The van der Waals surface area contributed by atoms with Crippen molar-refractivity contribution in [3.05, 3.63) is 388 Å². The van der Waals surface area contributed by atoms with E-state index in [-0.39, 0.29) is 11.6 Å². The van der Waals surface area contributed by atoms with Gasteiger partial charge in [-0.05, 0) is 228 Å². The van der Waals surface area contributed by atoms with Crippen LogP contribution in [0.4, 0.5) is 42.9 Å². The quantitative estimate of drug-likeness (QED) is 0.108. The van der Waals surface area contributed by atoms with E-state index in [1.54, 1.807) is 0 Å². The first kappa shape index (κ1) is 59.7. The van der Waals surface area contributed by atoms with Gasteiger partial charge in [0.1, 0.15) is 11.6 Å². The lowest BCUT2D eigenvalue weighted by Gasteiger charge is -2.26. The number of halogens is 2. The van der Waals surface area contributed by atoms with Gasteiger partial charge in [-0.1, -0.05) is 182 Å². The summed E-state index contributed by atoms with van der Waals surface area (Å²) in [6.07, 6.45) is 0. The Balaban J connectivity index is 0.765. The van der Waals surface area contributed by atoms with Crippen LogP contribution in [0.3, 0.4) is 0 Å². The van der Waals surface area contributed by atoms with Gasteiger partial charge in [0.15, 0.2) is 0 Å². The lowest BCUT2D eigenvalue weighted by atomic mass is 10.0. The Morgan fingerprint density at radius 1 is 0.186 bits per heavy atom. The molecule has 19 aromatic rings. The lowest BCUT2D eigenvalue weighted by molar-refractivity contribution is 0.627. The molecule has 4 aromatic heterocycles. The summed E-state index contributed by atoms with van der Waals surface area (Å²) >= 11 is 0. The van der Waals surface area contributed by atoms with Crippen molar-refractivity contribution < 1.29 is 8.78 Å². The predicted octanol–water partition coefficient (Wildman–Crippen LogP) is 25.7. The van der Waals surface area contributed by atoms with Crippen molar-refractivity contribution in [3.8, 4) is 67.5 Å². The average molecular weight is 1310 g/mol. The minimum Gasteiger partial charge on any atom is -0.310 e. The number of aromatic nitrogens is 4. The fraction of sp³-hybridized carbons (Fsp3) is 0. The van der Waals surface area contributed by atoms with Crippen LogP contribution in [-0.2, 0) is 0 Å². The van der Waals surface area contributed by atoms with Crippen molar-refractivity contribution in [1.29, 1.82) is 0 Å². The summed E-state index contributed by atoms with van der Waals surface area (Å²) in [5.74, 6) is -0.593. The SMILES string of the molecule is Fc1ccc(N(c2ccc(-n3c(-c4ccc(-c5ccccc5)cc4)cc4cc5c(cc(-c6ccc(-c7ccccc7)cc6)n5-c5ccc(N(c6ccc(F)cc6)c6ccc7c(c6)c6ccccc6n7-c6ccccc6)cc5)cc43)cc2)c2ccc3c(c2)c2ccccc2n3-c2ccccc2)cc1. The Bertz CT molecular complexity index is 5930. The maximum atomic E-state index is 14.9. The molecule has 15 aromatic carbocycles. The zero-order chi connectivity index (χ0) is 67.8. The van der Waals surface area contributed by atoms with Gasteiger partial charge in [0.05, 0.1) is 44.5 Å². The van der Waals surface area contributed by atoms with Crippen LogP contribution in [0.1, 0.15) is 0 Å². The Kier molecular flexibility index (Phi) is 14.5. The molecule has 0 bridgehead atoms. The number of para-hydroxylation sites is 4. The van der Waals surface area contributed by atoms with E-state index in [0.29, 0.717) is 0 Å². The molecular formula is C94H62F2N6. The van der Waals surface area contributed by atoms with Crippen molar-refractivity contribution in [2.75, 3.05) is 9.80 Å². The number of hydrogen-bond acceptors (Lipinski definition) is 2. The van der Waals surface area contributed by atoms with E-state index in [9.17, 15) is 8.78 Å². The first-order chi connectivity index (χ1) is 50.4. The Morgan fingerprint density at radius 2 is 0.471 bits per heavy atom. The fourth-order valence-electron chi connectivity index (χ4n) is 15.3. The third-order valence-electron chi connectivity index (χ3n) is 20.1. The van der Waals surface area contributed by atoms with Gasteiger partial charge in [-0.25, -0.2) is 8.78 Å². The lowest BCUT2D eigenvalue weighted by Crippen LogP contribution is -2.10. The number of nitrogens with zero attached hydrogens (tertiary/aromatic N) is 6. The van der Waals surface area contributed by atoms with E-state index >= 15 is 0 Å². The third kappa shape index (κ3) is 10.4. The molecule has 482 valence electrons. The molecule has 0 fully saturated rings. The molecule has 0 spiro atoms. The van der Waals surface area contributed by atoms with E-state index < -0.39 is 0 Å². The molecule has 4 heterocycles. The van der Waals surface area contributed by atoms with Crippen LogP contribution in [-0.4, -0.2) is 18.3 Å². The zero-order valence-corrected chi connectivity index (χ0v) is 55.2. The Hall–Kier alpha value is -13.6. The second-order valence-corrected chi connectivity index (χ2v) is 26.0. The standard InChI is InChI=1S/C94H62F2N6/c95-71-37-41-75(42-38-71)97(81-53-55-89-85(61-81)83-25-13-15-27-87(83)99(89)73-21-9-3-10-22-73)77-45-49-79(50-46-77)101-91(67-33-29-65(30-34-67)63-17-5-1-6-18-63)57-69-59-94-70(60-93(69)101)58-92(68-35-31-66(32-36-68)64-19-7-2-8-20-64)102(94)80-51-47-78(48-52-80)98(76-43-39-72(96)40-44-76)82-54-56-90-86(62-82)84-26-14-16-28-88(84)100(90)74-23-11-4-12-24-74/h1-62H. The van der Waals surface area contributed by atoms with Gasteiger partial charge in [-0.2, -0.15) is 0 Å². The molecule has 0 atom stereocenters. The van der Waals surface area contributed by atoms with Crippen LogP contribution in [0.15, 0.2) is 376 Å². The second kappa shape index (κ2) is 24.8. The molecule has 0 aliphatic rings. The van der Waals surface area contributed by atoms with Crippen LogP contribution in [0.2, 0.25) is 0 Å². The van der Waals surface area contributed by atoms with E-state index in [1.807, 2.05) is 36.4 Å². The molecule has 0 saturated carbocycles. The minimum atomic E-state index is -0.297. The van der Waals surface area contributed by atoms with Crippen LogP contribution < -0.4 is 9.80 Å². The van der Waals surface area contributed by atoms with Crippen LogP contribution >= 0.6 is 0 Å². The Labute approximate surface area is 588 Å². The van der Waals surface area contributed by atoms with E-state index in [0.717, 1.165) is 167 Å². The van der Waals surface area contributed by atoms with Gasteiger partial charge in [-0.15, -0.1) is 0 Å². The van der Waals surface area contributed by atoms with E-state index in [4.69, 9.17) is 0 Å². The number of hydrogen-bond donors (Lipinski definition) is 0. The highest BCUT2D eigenvalue weighted by atomic mass is 19.1. The minimum absolute atomic E-state index is 0.297. The summed E-state index contributed by atoms with van der Waals surface area (Å²) < 4.78 is 39.3. The Morgan fingerprint density at radius 3 is 0.843 bits per heavy atom. The first-order valence-electron chi connectivity index (χ1n) is 34.4. The molecule has 0 aliphatic heterocycles. The largest absolute Gasteiger partial charge is 0.310 e. The molecular weight excluding hydrogens is 1250 g/mol. The topological polar surface area (TPSA) is 26.2 Å². The molecule has 6 nitrogen and oxygen atoms in total. The first-order valence-corrected chi connectivity index (χ1v) is 34.4. The summed E-state index contributed by atoms with van der Waals surface area (Å²) in [5.41, 5.74) is 24.9. The molecule has 0 saturated heterocycles. The van der Waals surface area contributed by atoms with Crippen molar-refractivity contribution in [2.45, 2.75) is 0 Å². The number of rotatable bonds is 14. The molecule has 0 amide bonds. The average Bonchev–Trinajstić information content (AvgIpc) is 1.58. The molecule has 8 heteroatoms. The van der Waals surface area contributed by atoms with Crippen molar-refractivity contribution in [2.24, 2.45) is 0 Å². The van der Waals surface area contributed by atoms with Crippen LogP contribution in [0, 0.1) is 11.6 Å². The fourth-order valence-corrected chi connectivity index (χ4v) is 15.3. The van der Waals surface area contributed by atoms with Gasteiger partial charge in [0, 0.05) is 89.2 Å². The highest BCUT2D eigenvalue weighted by molar-refractivity contribution is 6.12. The van der Waals surface area contributed by atoms with E-state index in [1.165, 1.54) is 24.3 Å². The van der Waals surface area contributed by atoms with Gasteiger partial charge in [-0.3, -0.25) is 0 Å². The van der Waals surface area contributed by atoms with Gasteiger partial charge >= 0.3 is 0 Å². The second-order valence-electron chi connectivity index (χ2n) is 26.0. The number of benzene rings is 15. The highest BCUT2D eigenvalue weighted by Gasteiger charge is 2.24. The molecule has 0 radical (unpaired) electrons. The molecule has 0 aliphatic carbocycles. The molecule has 0 N–H and O–H groups in total. The summed E-state index contributed by atoms with van der Waals surface area (Å²) in [6, 6.07) is 131. The molecule has 102 heavy (non-hydrogen) atoms. The number of anilines is 6. The normalized spacial score (nSPS) is 11.6. The zero-order valence-electron chi connectivity index (χ0n) is 55.2. The number of fused-ring (bicyclic) bond motifs is 8. The van der Waals surface area contributed by atoms with E-state index in [2.05, 4.69) is 344 Å². The van der Waals surface area contributed by atoms with Gasteiger partial charge < -0.3 is 28.1 Å². The maximum Gasteiger partial charge on any atom is 0.123 e. The highest BCUT2D eigenvalue weighted by Crippen LogP contribution is 2.45. The molecule has 19 rings (SSSR count). The van der Waals surface area contributed by atoms with Gasteiger partial charge in [0.2, 0.25) is 0 Å². The molecule has 0 unspecified atom stereocenters. The van der Waals surface area contributed by atoms with Crippen LogP contribution in [0.5, 0.6) is 0 Å². The van der Waals surface area contributed by atoms with Crippen LogP contribution in [0.25, 0.3) is 133 Å². The smallest absolute Gasteiger partial charge is 0.123 e. The summed E-state index contributed by atoms with van der Waals surface area (Å²) in [5, 5.41) is 6.66. The monoisotopic (exact) mass is 1310 g/mol. The maximum absolute atomic E-state index is 14.9. The van der Waals surface area contributed by atoms with Gasteiger partial charge in [0.25, 0.3) is 0 Å². The summed E-state index contributed by atoms with van der Waals surface area (Å²) in [7, 11) is 0. The van der Waals surface area contributed by atoms with Crippen molar-refractivity contribution in [1.82, 2.24) is 18.3 Å². The summed E-state index contributed by atoms with van der Waals surface area (Å²) in [4.78, 5) is 4.43. The van der Waals surface area contributed by atoms with Crippen molar-refractivity contribution >= 4 is 99.5 Å². The predicted molar refractivity (Wildman–Crippen MR) is 420 cm³/mol. The summed E-state index contributed by atoms with van der Waals surface area (Å²) in [6.45, 7) is 0.